The van der Waals surface area contributed by atoms with Crippen LogP contribution in [0.1, 0.15) is 44.9 Å². The third-order valence-electron chi connectivity index (χ3n) is 5.81. The molecule has 1 saturated heterocycles. The number of hydrogen-bond donors (Lipinski definition) is 1. The Morgan fingerprint density at radius 2 is 1.85 bits per heavy atom. The number of likely N-dealkylation sites (tertiary alicyclic amines) is 1. The predicted octanol–water partition coefficient (Wildman–Crippen LogP) is 3.46. The van der Waals surface area contributed by atoms with Gasteiger partial charge in [-0.15, -0.1) is 11.8 Å². The molecule has 1 saturated carbocycles. The van der Waals surface area contributed by atoms with Gasteiger partial charge in [-0.2, -0.15) is 0 Å². The molecular formula is C21H30N2O3S. The van der Waals surface area contributed by atoms with Crippen molar-refractivity contribution in [3.8, 4) is 11.5 Å². The van der Waals surface area contributed by atoms with Crippen molar-refractivity contribution >= 4 is 17.7 Å². The summed E-state index contributed by atoms with van der Waals surface area (Å²) in [6.07, 6.45) is 9.26. The van der Waals surface area contributed by atoms with Crippen molar-refractivity contribution in [2.45, 2.75) is 61.9 Å². The van der Waals surface area contributed by atoms with E-state index in [9.17, 15) is 4.79 Å². The highest BCUT2D eigenvalue weighted by atomic mass is 32.2. The molecule has 1 aliphatic carbocycles. The van der Waals surface area contributed by atoms with Gasteiger partial charge in [0.2, 0.25) is 5.91 Å². The minimum Gasteiger partial charge on any atom is -0.486 e. The van der Waals surface area contributed by atoms with Crippen LogP contribution in [-0.4, -0.2) is 54.9 Å². The lowest BCUT2D eigenvalue weighted by molar-refractivity contribution is -0.119. The standard InChI is InChI=1S/C21H30N2O3S/c24-21(15-27-18-7-8-19-20(13-18)26-12-11-25-19)22-16-9-10-23(14-16)17-5-3-1-2-4-6-17/h7-8,13,16-17H,1-6,9-12,14-15H2,(H,22,24). The molecule has 0 aromatic heterocycles. The number of rotatable bonds is 5. The molecule has 1 N–H and O–H groups in total. The fourth-order valence-corrected chi connectivity index (χ4v) is 5.13. The molecule has 2 heterocycles. The van der Waals surface area contributed by atoms with E-state index in [1.54, 1.807) is 11.8 Å². The number of ether oxygens (including phenoxy) is 2. The van der Waals surface area contributed by atoms with Gasteiger partial charge in [0.1, 0.15) is 13.2 Å². The molecule has 3 aliphatic rings. The largest absolute Gasteiger partial charge is 0.486 e. The van der Waals surface area contributed by atoms with Gasteiger partial charge in [-0.1, -0.05) is 25.7 Å². The lowest BCUT2D eigenvalue weighted by Gasteiger charge is -2.26. The van der Waals surface area contributed by atoms with Gasteiger partial charge in [0.15, 0.2) is 11.5 Å². The van der Waals surface area contributed by atoms with E-state index < -0.39 is 0 Å². The van der Waals surface area contributed by atoms with Crippen molar-refractivity contribution < 1.29 is 14.3 Å². The number of nitrogens with one attached hydrogen (secondary N) is 1. The third kappa shape index (κ3) is 5.11. The number of nitrogens with zero attached hydrogens (tertiary/aromatic N) is 1. The number of carbonyl (C=O) groups excluding carboxylic acids is 1. The van der Waals surface area contributed by atoms with Crippen LogP contribution in [0.4, 0.5) is 0 Å². The number of thioether (sulfide) groups is 1. The third-order valence-corrected chi connectivity index (χ3v) is 6.80. The lowest BCUT2D eigenvalue weighted by atomic mass is 10.1. The number of fused-ring (bicyclic) bond motifs is 1. The Bertz CT molecular complexity index is 646. The van der Waals surface area contributed by atoms with Crippen LogP contribution in [0.25, 0.3) is 0 Å². The summed E-state index contributed by atoms with van der Waals surface area (Å²) in [6, 6.07) is 6.93. The van der Waals surface area contributed by atoms with Crippen molar-refractivity contribution in [2.24, 2.45) is 0 Å². The fraction of sp³-hybridized carbons (Fsp3) is 0.667. The monoisotopic (exact) mass is 390 g/mol. The number of amides is 1. The molecule has 1 amide bonds. The second-order valence-corrected chi connectivity index (χ2v) is 8.84. The molecule has 0 bridgehead atoms. The lowest BCUT2D eigenvalue weighted by Crippen LogP contribution is -2.40. The summed E-state index contributed by atoms with van der Waals surface area (Å²) in [5, 5.41) is 3.24. The van der Waals surface area contributed by atoms with E-state index in [1.165, 1.54) is 38.5 Å². The van der Waals surface area contributed by atoms with E-state index in [0.717, 1.165) is 41.9 Å². The zero-order valence-corrected chi connectivity index (χ0v) is 16.8. The van der Waals surface area contributed by atoms with Crippen LogP contribution in [0, 0.1) is 0 Å². The summed E-state index contributed by atoms with van der Waals surface area (Å²) in [4.78, 5) is 16.1. The van der Waals surface area contributed by atoms with Crippen LogP contribution in [0.15, 0.2) is 23.1 Å². The summed E-state index contributed by atoms with van der Waals surface area (Å²) in [7, 11) is 0. The summed E-state index contributed by atoms with van der Waals surface area (Å²) < 4.78 is 11.2. The maximum atomic E-state index is 12.4. The Morgan fingerprint density at radius 3 is 2.67 bits per heavy atom. The molecule has 2 fully saturated rings. The van der Waals surface area contributed by atoms with Gasteiger partial charge in [0.25, 0.3) is 0 Å². The van der Waals surface area contributed by atoms with E-state index in [2.05, 4.69) is 10.2 Å². The molecule has 1 unspecified atom stereocenters. The van der Waals surface area contributed by atoms with Crippen molar-refractivity contribution in [3.05, 3.63) is 18.2 Å². The first-order chi connectivity index (χ1) is 13.3. The zero-order valence-electron chi connectivity index (χ0n) is 16.0. The molecule has 0 spiro atoms. The molecule has 2 aliphatic heterocycles. The van der Waals surface area contributed by atoms with E-state index in [-0.39, 0.29) is 5.91 Å². The maximum Gasteiger partial charge on any atom is 0.230 e. The number of hydrogen-bond acceptors (Lipinski definition) is 5. The minimum absolute atomic E-state index is 0.127. The van der Waals surface area contributed by atoms with Crippen LogP contribution in [-0.2, 0) is 4.79 Å². The first-order valence-electron chi connectivity index (χ1n) is 10.3. The molecule has 1 aromatic rings. The van der Waals surface area contributed by atoms with E-state index in [1.807, 2.05) is 18.2 Å². The van der Waals surface area contributed by atoms with Crippen LogP contribution < -0.4 is 14.8 Å². The SMILES string of the molecule is O=C(CSc1ccc2c(c1)OCCO2)NC1CCN(C2CCCCCC2)C1. The summed E-state index contributed by atoms with van der Waals surface area (Å²) in [5.74, 6) is 2.14. The fourth-order valence-electron chi connectivity index (χ4n) is 4.39. The molecule has 5 nitrogen and oxygen atoms in total. The van der Waals surface area contributed by atoms with Gasteiger partial charge < -0.3 is 14.8 Å². The average Bonchev–Trinajstić information content (AvgIpc) is 2.98. The summed E-state index contributed by atoms with van der Waals surface area (Å²) in [6.45, 7) is 3.33. The van der Waals surface area contributed by atoms with Crippen molar-refractivity contribution in [3.63, 3.8) is 0 Å². The van der Waals surface area contributed by atoms with Gasteiger partial charge in [-0.25, -0.2) is 0 Å². The van der Waals surface area contributed by atoms with Gasteiger partial charge in [-0.05, 0) is 37.5 Å². The second-order valence-electron chi connectivity index (χ2n) is 7.79. The Kier molecular flexibility index (Phi) is 6.45. The molecular weight excluding hydrogens is 360 g/mol. The van der Waals surface area contributed by atoms with Crippen molar-refractivity contribution in [1.82, 2.24) is 10.2 Å². The zero-order chi connectivity index (χ0) is 18.5. The molecule has 6 heteroatoms. The van der Waals surface area contributed by atoms with Crippen LogP contribution in [0.3, 0.4) is 0 Å². The topological polar surface area (TPSA) is 50.8 Å². The number of carbonyl (C=O) groups is 1. The Labute approximate surface area is 166 Å². The van der Waals surface area contributed by atoms with Crippen LogP contribution in [0.5, 0.6) is 11.5 Å². The molecule has 27 heavy (non-hydrogen) atoms. The smallest absolute Gasteiger partial charge is 0.230 e. The first-order valence-corrected chi connectivity index (χ1v) is 11.3. The van der Waals surface area contributed by atoms with Gasteiger partial charge in [-0.3, -0.25) is 9.69 Å². The molecule has 148 valence electrons. The Hall–Kier alpha value is -1.40. The Balaban J connectivity index is 1.22. The molecule has 1 aromatic carbocycles. The van der Waals surface area contributed by atoms with Crippen molar-refractivity contribution in [2.75, 3.05) is 32.1 Å². The highest BCUT2D eigenvalue weighted by Gasteiger charge is 2.29. The van der Waals surface area contributed by atoms with Gasteiger partial charge >= 0.3 is 0 Å². The average molecular weight is 391 g/mol. The quantitative estimate of drug-likeness (QED) is 0.616. The number of benzene rings is 1. The molecule has 4 rings (SSSR count). The highest BCUT2D eigenvalue weighted by molar-refractivity contribution is 8.00. The van der Waals surface area contributed by atoms with Gasteiger partial charge in [0, 0.05) is 30.1 Å². The first kappa shape index (κ1) is 18.9. The molecule has 0 radical (unpaired) electrons. The van der Waals surface area contributed by atoms with Crippen molar-refractivity contribution in [1.29, 1.82) is 0 Å². The minimum atomic E-state index is 0.127. The maximum absolute atomic E-state index is 12.4. The normalized spacial score (nSPS) is 23.8. The van der Waals surface area contributed by atoms with E-state index in [0.29, 0.717) is 25.0 Å². The van der Waals surface area contributed by atoms with E-state index >= 15 is 0 Å². The predicted molar refractivity (Wildman–Crippen MR) is 108 cm³/mol. The molecule has 1 atom stereocenters. The Morgan fingerprint density at radius 1 is 1.07 bits per heavy atom. The van der Waals surface area contributed by atoms with Crippen LogP contribution in [0.2, 0.25) is 0 Å². The summed E-state index contributed by atoms with van der Waals surface area (Å²) in [5.41, 5.74) is 0. The van der Waals surface area contributed by atoms with E-state index in [4.69, 9.17) is 9.47 Å². The summed E-state index contributed by atoms with van der Waals surface area (Å²) >= 11 is 1.56. The van der Waals surface area contributed by atoms with Gasteiger partial charge in [0.05, 0.1) is 5.75 Å². The second kappa shape index (κ2) is 9.20. The van der Waals surface area contributed by atoms with Crippen LogP contribution >= 0.6 is 11.8 Å². The highest BCUT2D eigenvalue weighted by Crippen LogP contribution is 2.34.